The Bertz CT molecular complexity index is 807. The minimum absolute atomic E-state index is 0.0582. The Balaban J connectivity index is 2.61. The second-order valence-electron chi connectivity index (χ2n) is 7.98. The number of hydrogen-bond donors (Lipinski definition) is 0. The highest BCUT2D eigenvalue weighted by atomic mass is 15.0. The van der Waals surface area contributed by atoms with E-state index in [0.717, 1.165) is 0 Å². The van der Waals surface area contributed by atoms with Crippen LogP contribution >= 0.6 is 0 Å². The molecule has 0 amide bonds. The van der Waals surface area contributed by atoms with Gasteiger partial charge in [0.05, 0.1) is 5.52 Å². The molecule has 1 aromatic heterocycles. The highest BCUT2D eigenvalue weighted by Crippen LogP contribution is 2.39. The van der Waals surface area contributed by atoms with Gasteiger partial charge in [0.2, 0.25) is 0 Å². The number of rotatable bonds is 0. The van der Waals surface area contributed by atoms with Crippen LogP contribution in [0.5, 0.6) is 0 Å². The fourth-order valence-electron chi connectivity index (χ4n) is 3.32. The van der Waals surface area contributed by atoms with E-state index in [1.54, 1.807) is 0 Å². The molecule has 0 fully saturated rings. The summed E-state index contributed by atoms with van der Waals surface area (Å²) >= 11 is 0. The minimum atomic E-state index is 0.0582. The monoisotopic (exact) mass is 279 g/mol. The van der Waals surface area contributed by atoms with Gasteiger partial charge in [-0.1, -0.05) is 57.2 Å². The lowest BCUT2D eigenvalue weighted by molar-refractivity contribution is 0.420. The van der Waals surface area contributed by atoms with Crippen molar-refractivity contribution in [2.75, 3.05) is 0 Å². The van der Waals surface area contributed by atoms with Crippen LogP contribution in [0.15, 0.2) is 42.5 Å². The smallest absolute Gasteiger partial charge is 0.0534 e. The van der Waals surface area contributed by atoms with Crippen LogP contribution in [-0.4, -0.2) is 4.57 Å². The van der Waals surface area contributed by atoms with E-state index in [1.165, 1.54) is 27.4 Å². The van der Waals surface area contributed by atoms with Crippen LogP contribution in [0.1, 0.15) is 47.1 Å². The van der Waals surface area contributed by atoms with Crippen molar-refractivity contribution in [3.8, 4) is 0 Å². The first-order chi connectivity index (χ1) is 9.71. The maximum Gasteiger partial charge on any atom is 0.0534 e. The van der Waals surface area contributed by atoms with Crippen molar-refractivity contribution in [2.45, 2.75) is 52.5 Å². The second-order valence-corrected chi connectivity index (χ2v) is 7.98. The first-order valence-corrected chi connectivity index (χ1v) is 7.74. The molecule has 2 aromatic carbocycles. The van der Waals surface area contributed by atoms with Gasteiger partial charge in [0, 0.05) is 21.8 Å². The Labute approximate surface area is 127 Å². The van der Waals surface area contributed by atoms with Gasteiger partial charge in [0.1, 0.15) is 0 Å². The van der Waals surface area contributed by atoms with E-state index in [0.29, 0.717) is 0 Å². The van der Waals surface area contributed by atoms with Crippen LogP contribution < -0.4 is 0 Å². The molecule has 0 bridgehead atoms. The largest absolute Gasteiger partial charge is 0.335 e. The summed E-state index contributed by atoms with van der Waals surface area (Å²) in [7, 11) is 0. The number of para-hydroxylation sites is 2. The van der Waals surface area contributed by atoms with Gasteiger partial charge in [-0.25, -0.2) is 0 Å². The van der Waals surface area contributed by atoms with Gasteiger partial charge in [-0.05, 0) is 37.8 Å². The van der Waals surface area contributed by atoms with Gasteiger partial charge in [-0.3, -0.25) is 0 Å². The maximum atomic E-state index is 2.51. The molecule has 0 aliphatic heterocycles. The molecular formula is C20H25N. The van der Waals surface area contributed by atoms with Crippen LogP contribution in [0.2, 0.25) is 0 Å². The van der Waals surface area contributed by atoms with E-state index in [9.17, 15) is 0 Å². The predicted octanol–water partition coefficient (Wildman–Crippen LogP) is 5.85. The molecule has 1 heterocycles. The van der Waals surface area contributed by atoms with Gasteiger partial charge in [-0.15, -0.1) is 0 Å². The zero-order chi connectivity index (χ0) is 15.4. The van der Waals surface area contributed by atoms with Crippen molar-refractivity contribution in [3.05, 3.63) is 48.0 Å². The third-order valence-corrected chi connectivity index (χ3v) is 4.17. The van der Waals surface area contributed by atoms with Crippen molar-refractivity contribution in [1.82, 2.24) is 4.57 Å². The SMILES string of the molecule is CC(C)(C)c1cccc2c3ccccc3n(C(C)(C)C)c12. The Morgan fingerprint density at radius 2 is 1.33 bits per heavy atom. The zero-order valence-electron chi connectivity index (χ0n) is 14.0. The zero-order valence-corrected chi connectivity index (χ0v) is 14.0. The van der Waals surface area contributed by atoms with E-state index >= 15 is 0 Å². The summed E-state index contributed by atoms with van der Waals surface area (Å²) in [6.45, 7) is 13.8. The van der Waals surface area contributed by atoms with Crippen molar-refractivity contribution >= 4 is 21.8 Å². The molecule has 0 saturated heterocycles. The second kappa shape index (κ2) is 4.37. The lowest BCUT2D eigenvalue weighted by Gasteiger charge is -2.28. The molecule has 0 saturated carbocycles. The Morgan fingerprint density at radius 1 is 0.714 bits per heavy atom. The van der Waals surface area contributed by atoms with E-state index in [2.05, 4.69) is 88.6 Å². The third-order valence-electron chi connectivity index (χ3n) is 4.17. The molecule has 0 atom stereocenters. The summed E-state index contributed by atoms with van der Waals surface area (Å²) in [4.78, 5) is 0. The van der Waals surface area contributed by atoms with Crippen molar-refractivity contribution in [3.63, 3.8) is 0 Å². The summed E-state index contributed by atoms with van der Waals surface area (Å²) in [6, 6.07) is 15.5. The highest BCUT2D eigenvalue weighted by Gasteiger charge is 2.25. The number of aromatic nitrogens is 1. The Hall–Kier alpha value is -1.76. The molecule has 0 unspecified atom stereocenters. The average Bonchev–Trinajstić information content (AvgIpc) is 2.71. The van der Waals surface area contributed by atoms with Gasteiger partial charge < -0.3 is 4.57 Å². The lowest BCUT2D eigenvalue weighted by atomic mass is 9.85. The summed E-state index contributed by atoms with van der Waals surface area (Å²) in [5.41, 5.74) is 4.33. The van der Waals surface area contributed by atoms with Crippen LogP contribution in [0.3, 0.4) is 0 Å². The number of hydrogen-bond acceptors (Lipinski definition) is 0. The molecule has 0 aliphatic carbocycles. The van der Waals surface area contributed by atoms with E-state index < -0.39 is 0 Å². The third kappa shape index (κ3) is 2.16. The van der Waals surface area contributed by atoms with Gasteiger partial charge in [-0.2, -0.15) is 0 Å². The molecule has 0 spiro atoms. The normalized spacial score (nSPS) is 13.2. The average molecular weight is 279 g/mol. The van der Waals surface area contributed by atoms with Crippen molar-refractivity contribution in [1.29, 1.82) is 0 Å². The van der Waals surface area contributed by atoms with E-state index in [-0.39, 0.29) is 11.0 Å². The molecule has 0 aliphatic rings. The number of fused-ring (bicyclic) bond motifs is 3. The molecule has 0 N–H and O–H groups in total. The predicted molar refractivity (Wildman–Crippen MR) is 93.1 cm³/mol. The molecule has 1 nitrogen and oxygen atoms in total. The van der Waals surface area contributed by atoms with Crippen molar-refractivity contribution in [2.24, 2.45) is 0 Å². The number of nitrogens with zero attached hydrogens (tertiary/aromatic N) is 1. The van der Waals surface area contributed by atoms with Crippen LogP contribution in [0, 0.1) is 0 Å². The Morgan fingerprint density at radius 3 is 1.95 bits per heavy atom. The molecule has 1 heteroatoms. The summed E-state index contributed by atoms with van der Waals surface area (Å²) in [5.74, 6) is 0. The van der Waals surface area contributed by atoms with E-state index in [4.69, 9.17) is 0 Å². The number of benzene rings is 2. The van der Waals surface area contributed by atoms with Crippen LogP contribution in [0.25, 0.3) is 21.8 Å². The van der Waals surface area contributed by atoms with Gasteiger partial charge in [0.15, 0.2) is 0 Å². The fourth-order valence-corrected chi connectivity index (χ4v) is 3.32. The minimum Gasteiger partial charge on any atom is -0.335 e. The van der Waals surface area contributed by atoms with E-state index in [1.807, 2.05) is 0 Å². The molecule has 3 aromatic rings. The highest BCUT2D eigenvalue weighted by molar-refractivity contribution is 6.09. The molecule has 110 valence electrons. The Kier molecular flexibility index (Phi) is 2.95. The van der Waals surface area contributed by atoms with Crippen molar-refractivity contribution < 1.29 is 0 Å². The molecular weight excluding hydrogens is 254 g/mol. The fraction of sp³-hybridized carbons (Fsp3) is 0.400. The van der Waals surface area contributed by atoms with Gasteiger partial charge >= 0.3 is 0 Å². The summed E-state index contributed by atoms with van der Waals surface area (Å²) in [5, 5.41) is 2.72. The van der Waals surface area contributed by atoms with Crippen LogP contribution in [0.4, 0.5) is 0 Å². The summed E-state index contributed by atoms with van der Waals surface area (Å²) in [6.07, 6.45) is 0. The molecule has 0 radical (unpaired) electrons. The van der Waals surface area contributed by atoms with Crippen LogP contribution in [-0.2, 0) is 11.0 Å². The summed E-state index contributed by atoms with van der Waals surface area (Å²) < 4.78 is 2.51. The topological polar surface area (TPSA) is 4.93 Å². The lowest BCUT2D eigenvalue weighted by Crippen LogP contribution is -2.23. The first-order valence-electron chi connectivity index (χ1n) is 7.74. The standard InChI is InChI=1S/C20H25N/c1-19(2,3)16-12-9-11-15-14-10-7-8-13-17(14)21(18(15)16)20(4,5)6/h7-13H,1-6H3. The molecule has 3 rings (SSSR count). The quantitative estimate of drug-likeness (QED) is 0.486. The molecule has 21 heavy (non-hydrogen) atoms. The maximum absolute atomic E-state index is 2.51. The van der Waals surface area contributed by atoms with Gasteiger partial charge in [0.25, 0.3) is 0 Å². The first kappa shape index (κ1) is 14.2.